The summed E-state index contributed by atoms with van der Waals surface area (Å²) in [6.07, 6.45) is -0.141. The van der Waals surface area contributed by atoms with Crippen LogP contribution in [-0.4, -0.2) is 149 Å². The van der Waals surface area contributed by atoms with Crippen LogP contribution in [0.25, 0.3) is 0 Å². The molecule has 0 saturated carbocycles. The monoisotopic (exact) mass is 1040 g/mol. The molecule has 392 valence electrons. The quantitative estimate of drug-likeness (QED) is 0.0471. The van der Waals surface area contributed by atoms with Gasteiger partial charge in [0.1, 0.15) is 42.3 Å². The largest absolute Gasteiger partial charge is 0.370 e. The van der Waals surface area contributed by atoms with E-state index in [1.165, 1.54) is 4.90 Å². The lowest BCUT2D eigenvalue weighted by molar-refractivity contribution is -0.142. The van der Waals surface area contributed by atoms with Gasteiger partial charge < -0.3 is 70.8 Å². The van der Waals surface area contributed by atoms with Crippen LogP contribution in [0.2, 0.25) is 0 Å². The molecular formula is C46H65N13O11S2. The lowest BCUT2D eigenvalue weighted by Crippen LogP contribution is -2.61. The number of carbonyl (C=O) groups is 11. The summed E-state index contributed by atoms with van der Waals surface area (Å²) in [5.41, 5.74) is 29.4. The van der Waals surface area contributed by atoms with Gasteiger partial charge in [0.15, 0.2) is 0 Å². The molecule has 2 aliphatic heterocycles. The predicted octanol–water partition coefficient (Wildman–Crippen LogP) is -4.03. The van der Waals surface area contributed by atoms with Gasteiger partial charge in [-0.05, 0) is 56.2 Å². The Balaban J connectivity index is 1.70. The Labute approximate surface area is 424 Å². The van der Waals surface area contributed by atoms with Gasteiger partial charge in [0.05, 0.1) is 19.0 Å². The number of hydrogen-bond donors (Lipinski definition) is 12. The van der Waals surface area contributed by atoms with Crippen LogP contribution in [0.15, 0.2) is 60.7 Å². The van der Waals surface area contributed by atoms with Crippen molar-refractivity contribution in [1.82, 2.24) is 42.1 Å². The molecule has 0 aromatic heterocycles. The van der Waals surface area contributed by atoms with Crippen molar-refractivity contribution >= 4 is 86.6 Å². The van der Waals surface area contributed by atoms with E-state index in [9.17, 15) is 52.7 Å². The maximum atomic E-state index is 14.6. The zero-order valence-electron chi connectivity index (χ0n) is 39.6. The highest BCUT2D eigenvalue weighted by atomic mass is 33.1. The summed E-state index contributed by atoms with van der Waals surface area (Å²) in [4.78, 5) is 149. The lowest BCUT2D eigenvalue weighted by Gasteiger charge is -2.31. The van der Waals surface area contributed by atoms with Crippen molar-refractivity contribution in [2.45, 2.75) is 113 Å². The Hall–Kier alpha value is -6.77. The molecule has 8 atom stereocenters. The minimum absolute atomic E-state index is 0.0198. The second-order valence-electron chi connectivity index (χ2n) is 17.3. The minimum Gasteiger partial charge on any atom is -0.370 e. The normalized spacial score (nSPS) is 23.2. The van der Waals surface area contributed by atoms with Gasteiger partial charge in [-0.3, -0.25) is 52.7 Å². The molecule has 72 heavy (non-hydrogen) atoms. The van der Waals surface area contributed by atoms with Crippen molar-refractivity contribution in [1.29, 1.82) is 0 Å². The number of hydrogen-bond acceptors (Lipinski definition) is 15. The molecule has 24 nitrogen and oxygen atoms in total. The minimum atomic E-state index is -1.76. The molecule has 2 heterocycles. The third-order valence-corrected chi connectivity index (χ3v) is 14.0. The predicted molar refractivity (Wildman–Crippen MR) is 267 cm³/mol. The zero-order valence-corrected chi connectivity index (χ0v) is 41.3. The Kier molecular flexibility index (Phi) is 23.7. The molecule has 2 aromatic rings. The first-order valence-electron chi connectivity index (χ1n) is 23.4. The van der Waals surface area contributed by atoms with Crippen molar-refractivity contribution in [2.75, 3.05) is 31.1 Å². The van der Waals surface area contributed by atoms with Crippen molar-refractivity contribution in [3.05, 3.63) is 71.8 Å². The van der Waals surface area contributed by atoms with E-state index in [4.69, 9.17) is 28.7 Å². The van der Waals surface area contributed by atoms with Crippen molar-refractivity contribution in [3.63, 3.8) is 0 Å². The maximum Gasteiger partial charge on any atom is 0.246 e. The van der Waals surface area contributed by atoms with Crippen molar-refractivity contribution in [3.8, 4) is 0 Å². The first kappa shape index (κ1) is 57.8. The first-order valence-corrected chi connectivity index (χ1v) is 25.9. The third-order valence-electron chi connectivity index (χ3n) is 11.6. The summed E-state index contributed by atoms with van der Waals surface area (Å²) in [7, 11) is 2.07. The van der Waals surface area contributed by atoms with E-state index in [0.717, 1.165) is 21.6 Å². The topological polar surface area (TPSA) is 405 Å². The van der Waals surface area contributed by atoms with E-state index in [-0.39, 0.29) is 43.7 Å². The van der Waals surface area contributed by atoms with Gasteiger partial charge in [-0.15, -0.1) is 0 Å². The summed E-state index contributed by atoms with van der Waals surface area (Å²) in [6, 6.07) is 6.36. The number of benzene rings is 2. The summed E-state index contributed by atoms with van der Waals surface area (Å²) in [5, 5.41) is 18.0. The van der Waals surface area contributed by atoms with E-state index in [1.807, 2.05) is 0 Å². The first-order chi connectivity index (χ1) is 34.4. The highest BCUT2D eigenvalue weighted by Crippen LogP contribution is 2.26. The number of rotatable bonds is 19. The molecule has 0 radical (unpaired) electrons. The van der Waals surface area contributed by atoms with Crippen LogP contribution in [0.4, 0.5) is 0 Å². The average Bonchev–Trinajstić information content (AvgIpc) is 3.84. The highest BCUT2D eigenvalue weighted by Gasteiger charge is 2.40. The number of nitrogens with zero attached hydrogens (tertiary/aromatic N) is 1. The fourth-order valence-electron chi connectivity index (χ4n) is 7.77. The molecule has 2 aromatic carbocycles. The number of carbonyl (C=O) groups excluding carboxylic acids is 11. The number of amides is 11. The fourth-order valence-corrected chi connectivity index (χ4v) is 10.0. The lowest BCUT2D eigenvalue weighted by atomic mass is 10.0. The Morgan fingerprint density at radius 1 is 0.667 bits per heavy atom. The van der Waals surface area contributed by atoms with E-state index < -0.39 is 139 Å². The van der Waals surface area contributed by atoms with E-state index in [2.05, 4.69) is 37.2 Å². The van der Waals surface area contributed by atoms with E-state index in [0.29, 0.717) is 36.9 Å². The van der Waals surface area contributed by atoms with Gasteiger partial charge in [0.25, 0.3) is 0 Å². The molecule has 3 unspecified atom stereocenters. The van der Waals surface area contributed by atoms with Crippen LogP contribution < -0.4 is 65.9 Å². The standard InChI is InChI=1S/C46H65N13O11S2/c47-18-8-7-14-29(40(64)52-23-38(51)62)54-45(69)35-15-9-19-59(35)46(70)34-25-72-71-24-28(48)39(63)55-31(20-26-10-3-1-4-11-26)43(67)56-32(21-27-12-5-2-6-13-27)42(66)53-30(16-17-36(49)60)41(65)57-33(22-37(50)61)44(68)58-34/h1-6,10-13,28-35H,7-9,14-25,47-48H2,(H2,49,60)(H2,50,61)(H2,51,62)(H,52,64)(H,53,66)(H,54,69)(H,55,63)(H,56,67)(H,57,65)(H,58,68)/t28-,29+,30?,31?,32-,33-,34?,35-/m0/s1. The van der Waals surface area contributed by atoms with Crippen molar-refractivity contribution in [2.24, 2.45) is 28.7 Å². The van der Waals surface area contributed by atoms with Crippen LogP contribution in [0.3, 0.4) is 0 Å². The number of unbranched alkanes of at least 4 members (excludes halogenated alkanes) is 1. The SMILES string of the molecule is NCCCC[C@@H](NC(=O)[C@@H]1CCCN1C(=O)C1CSSC[C@H](N)C(=O)NC(Cc2ccccc2)C(=O)N[C@@H](Cc2ccccc2)C(=O)NC(CCC(N)=O)C(=O)N[C@@H](CC(N)=O)C(=O)N1)C(=O)NCC(N)=O. The maximum absolute atomic E-state index is 14.6. The molecule has 2 saturated heterocycles. The van der Waals surface area contributed by atoms with Gasteiger partial charge in [0, 0.05) is 37.3 Å². The number of nitrogens with one attached hydrogen (secondary N) is 7. The molecule has 0 bridgehead atoms. The fraction of sp³-hybridized carbons (Fsp3) is 0.500. The summed E-state index contributed by atoms with van der Waals surface area (Å²) in [5.74, 6) is -9.66. The Morgan fingerprint density at radius 3 is 1.78 bits per heavy atom. The summed E-state index contributed by atoms with van der Waals surface area (Å²) >= 11 is 0. The second-order valence-corrected chi connectivity index (χ2v) is 19.8. The van der Waals surface area contributed by atoms with Gasteiger partial charge >= 0.3 is 0 Å². The van der Waals surface area contributed by atoms with Crippen molar-refractivity contribution < 1.29 is 52.7 Å². The molecule has 17 N–H and O–H groups in total. The molecule has 0 aliphatic carbocycles. The Morgan fingerprint density at radius 2 is 1.21 bits per heavy atom. The number of primary amides is 3. The molecule has 2 fully saturated rings. The van der Waals surface area contributed by atoms with Crippen LogP contribution in [0.1, 0.15) is 62.5 Å². The average molecular weight is 1040 g/mol. The Bertz CT molecular complexity index is 2250. The molecule has 11 amide bonds. The van der Waals surface area contributed by atoms with Crippen LogP contribution in [0, 0.1) is 0 Å². The number of likely N-dealkylation sites (tertiary alicyclic amines) is 1. The van der Waals surface area contributed by atoms with Crippen LogP contribution in [0.5, 0.6) is 0 Å². The smallest absolute Gasteiger partial charge is 0.246 e. The van der Waals surface area contributed by atoms with E-state index >= 15 is 0 Å². The second kappa shape index (κ2) is 29.5. The van der Waals surface area contributed by atoms with Gasteiger partial charge in [-0.2, -0.15) is 0 Å². The molecule has 0 spiro atoms. The highest BCUT2D eigenvalue weighted by molar-refractivity contribution is 8.76. The summed E-state index contributed by atoms with van der Waals surface area (Å²) < 4.78 is 0. The van der Waals surface area contributed by atoms with Crippen LogP contribution in [-0.2, 0) is 65.6 Å². The van der Waals surface area contributed by atoms with Gasteiger partial charge in [-0.25, -0.2) is 0 Å². The molecular weight excluding hydrogens is 975 g/mol. The zero-order chi connectivity index (χ0) is 52.7. The van der Waals surface area contributed by atoms with Gasteiger partial charge in [0.2, 0.25) is 65.0 Å². The molecule has 26 heteroatoms. The molecule has 2 aliphatic rings. The van der Waals surface area contributed by atoms with Gasteiger partial charge in [-0.1, -0.05) is 82.3 Å². The van der Waals surface area contributed by atoms with E-state index in [1.54, 1.807) is 60.7 Å². The summed E-state index contributed by atoms with van der Waals surface area (Å²) in [6.45, 7) is -0.121. The number of nitrogens with two attached hydrogens (primary N) is 5. The van der Waals surface area contributed by atoms with Crippen LogP contribution >= 0.6 is 21.6 Å². The third kappa shape index (κ3) is 19.1. The molecule has 4 rings (SSSR count).